The van der Waals surface area contributed by atoms with E-state index in [1.54, 1.807) is 6.08 Å². The first-order chi connectivity index (χ1) is 17.0. The standard InChI is InChI=1S/C28H29N3O3S/c29-22-24-9-11-25(12-10-24)26-13-15-27(16-14-26)34-20-5-19-31-18-4-8-28(31)30-35(32,33)21-17-23-6-2-1-3-7-23/h1-3,6-7,9-17,21,28,30H,4-5,8,18-20H2. The van der Waals surface area contributed by atoms with E-state index in [0.29, 0.717) is 12.2 Å². The number of nitrogens with zero attached hydrogens (tertiary/aromatic N) is 2. The molecule has 6 nitrogen and oxygen atoms in total. The summed E-state index contributed by atoms with van der Waals surface area (Å²) in [5.41, 5.74) is 3.61. The van der Waals surface area contributed by atoms with Gasteiger partial charge in [-0.25, -0.2) is 8.42 Å². The van der Waals surface area contributed by atoms with Gasteiger partial charge in [-0.15, -0.1) is 0 Å². The zero-order valence-electron chi connectivity index (χ0n) is 19.5. The fraction of sp³-hybridized carbons (Fsp3) is 0.250. The van der Waals surface area contributed by atoms with Crippen molar-refractivity contribution in [2.75, 3.05) is 19.7 Å². The molecule has 0 spiro atoms. The molecule has 3 aromatic carbocycles. The van der Waals surface area contributed by atoms with Gasteiger partial charge in [-0.3, -0.25) is 4.90 Å². The Bertz CT molecular complexity index is 1270. The number of ether oxygens (including phenoxy) is 1. The van der Waals surface area contributed by atoms with Gasteiger partial charge in [-0.1, -0.05) is 54.6 Å². The van der Waals surface area contributed by atoms with Crippen LogP contribution in [-0.2, 0) is 10.0 Å². The Kier molecular flexibility index (Phi) is 8.32. The maximum absolute atomic E-state index is 12.5. The fourth-order valence-electron chi connectivity index (χ4n) is 4.13. The van der Waals surface area contributed by atoms with Crippen LogP contribution in [0.4, 0.5) is 0 Å². The Hall–Kier alpha value is -3.44. The molecule has 1 unspecified atom stereocenters. The lowest BCUT2D eigenvalue weighted by molar-refractivity contribution is 0.214. The molecule has 1 fully saturated rings. The molecule has 1 atom stereocenters. The Morgan fingerprint density at radius 1 is 1.00 bits per heavy atom. The molecule has 1 aliphatic heterocycles. The van der Waals surface area contributed by atoms with E-state index in [1.807, 2.05) is 78.9 Å². The quantitative estimate of drug-likeness (QED) is 0.407. The van der Waals surface area contributed by atoms with Crippen LogP contribution in [-0.4, -0.2) is 39.2 Å². The molecule has 1 N–H and O–H groups in total. The van der Waals surface area contributed by atoms with Gasteiger partial charge in [0.15, 0.2) is 0 Å². The highest BCUT2D eigenvalue weighted by Crippen LogP contribution is 2.23. The largest absolute Gasteiger partial charge is 0.494 e. The Morgan fingerprint density at radius 3 is 2.37 bits per heavy atom. The van der Waals surface area contributed by atoms with Gasteiger partial charge < -0.3 is 4.74 Å². The number of rotatable bonds is 10. The molecule has 3 aromatic rings. The minimum absolute atomic E-state index is 0.188. The molecule has 7 heteroatoms. The van der Waals surface area contributed by atoms with E-state index in [9.17, 15) is 8.42 Å². The second-order valence-corrected chi connectivity index (χ2v) is 10.1. The molecule has 0 radical (unpaired) electrons. The second-order valence-electron chi connectivity index (χ2n) is 8.49. The Labute approximate surface area is 207 Å². The van der Waals surface area contributed by atoms with E-state index in [1.165, 1.54) is 5.41 Å². The number of nitrogens with one attached hydrogen (secondary N) is 1. The van der Waals surface area contributed by atoms with Crippen molar-refractivity contribution >= 4 is 16.1 Å². The Morgan fingerprint density at radius 2 is 1.69 bits per heavy atom. The van der Waals surface area contributed by atoms with Crippen LogP contribution in [0.15, 0.2) is 84.3 Å². The second kappa shape index (κ2) is 11.8. The molecule has 4 rings (SSSR count). The first kappa shape index (κ1) is 24.7. The van der Waals surface area contributed by atoms with Crippen LogP contribution >= 0.6 is 0 Å². The molecule has 180 valence electrons. The average Bonchev–Trinajstić information content (AvgIpc) is 3.32. The predicted octanol–water partition coefficient (Wildman–Crippen LogP) is 5.01. The highest BCUT2D eigenvalue weighted by atomic mass is 32.2. The van der Waals surface area contributed by atoms with E-state index < -0.39 is 10.0 Å². The van der Waals surface area contributed by atoms with Crippen LogP contribution in [0, 0.1) is 11.3 Å². The molecule has 0 aliphatic carbocycles. The van der Waals surface area contributed by atoms with Gasteiger partial charge in [0.1, 0.15) is 5.75 Å². The van der Waals surface area contributed by atoms with E-state index >= 15 is 0 Å². The normalized spacial score (nSPS) is 16.4. The summed E-state index contributed by atoms with van der Waals surface area (Å²) in [5.74, 6) is 0.798. The van der Waals surface area contributed by atoms with Crippen LogP contribution in [0.2, 0.25) is 0 Å². The number of hydrogen-bond donors (Lipinski definition) is 1. The third-order valence-electron chi connectivity index (χ3n) is 5.96. The van der Waals surface area contributed by atoms with E-state index in [0.717, 1.165) is 54.8 Å². The van der Waals surface area contributed by atoms with Gasteiger partial charge in [0, 0.05) is 12.0 Å². The van der Waals surface area contributed by atoms with Crippen LogP contribution in [0.1, 0.15) is 30.4 Å². The van der Waals surface area contributed by atoms with E-state index in [4.69, 9.17) is 10.00 Å². The minimum atomic E-state index is -3.52. The average molecular weight is 488 g/mol. The Balaban J connectivity index is 1.23. The molecule has 1 aliphatic rings. The summed E-state index contributed by atoms with van der Waals surface area (Å²) < 4.78 is 33.8. The molecule has 1 saturated heterocycles. The van der Waals surface area contributed by atoms with Crippen molar-refractivity contribution < 1.29 is 13.2 Å². The first-order valence-electron chi connectivity index (χ1n) is 11.8. The number of likely N-dealkylation sites (tertiary alicyclic amines) is 1. The molecule has 1 heterocycles. The first-order valence-corrected chi connectivity index (χ1v) is 13.3. The van der Waals surface area contributed by atoms with Gasteiger partial charge in [0.25, 0.3) is 0 Å². The minimum Gasteiger partial charge on any atom is -0.494 e. The third-order valence-corrected chi connectivity index (χ3v) is 7.06. The molecule has 0 aromatic heterocycles. The fourth-order valence-corrected chi connectivity index (χ4v) is 5.19. The van der Waals surface area contributed by atoms with Gasteiger partial charge in [0.05, 0.1) is 24.4 Å². The number of sulfonamides is 1. The molecule has 0 bridgehead atoms. The molecular formula is C28H29N3O3S. The molecule has 0 amide bonds. The van der Waals surface area contributed by atoms with Crippen LogP contribution < -0.4 is 9.46 Å². The molecular weight excluding hydrogens is 458 g/mol. The van der Waals surface area contributed by atoms with Crippen molar-refractivity contribution in [2.45, 2.75) is 25.4 Å². The van der Waals surface area contributed by atoms with Gasteiger partial charge in [-0.05, 0) is 72.8 Å². The van der Waals surface area contributed by atoms with Crippen molar-refractivity contribution in [1.29, 1.82) is 5.26 Å². The van der Waals surface area contributed by atoms with Gasteiger partial charge in [0.2, 0.25) is 10.0 Å². The third kappa shape index (κ3) is 7.27. The summed E-state index contributed by atoms with van der Waals surface area (Å²) in [6.07, 6.45) is 3.99. The number of hydrogen-bond acceptors (Lipinski definition) is 5. The summed E-state index contributed by atoms with van der Waals surface area (Å²) in [4.78, 5) is 2.17. The summed E-state index contributed by atoms with van der Waals surface area (Å²) in [5, 5.41) is 10.2. The van der Waals surface area contributed by atoms with Gasteiger partial charge in [-0.2, -0.15) is 9.98 Å². The summed E-state index contributed by atoms with van der Waals surface area (Å²) in [7, 11) is -3.52. The highest BCUT2D eigenvalue weighted by Gasteiger charge is 2.27. The smallest absolute Gasteiger partial charge is 0.235 e. The van der Waals surface area contributed by atoms with Crippen molar-refractivity contribution in [3.8, 4) is 22.9 Å². The lowest BCUT2D eigenvalue weighted by Crippen LogP contribution is -2.44. The maximum Gasteiger partial charge on any atom is 0.235 e. The van der Waals surface area contributed by atoms with E-state index in [2.05, 4.69) is 15.7 Å². The van der Waals surface area contributed by atoms with Gasteiger partial charge >= 0.3 is 0 Å². The van der Waals surface area contributed by atoms with Crippen molar-refractivity contribution in [3.63, 3.8) is 0 Å². The van der Waals surface area contributed by atoms with Crippen LogP contribution in [0.3, 0.4) is 0 Å². The summed E-state index contributed by atoms with van der Waals surface area (Å²) in [6.45, 7) is 2.19. The van der Waals surface area contributed by atoms with Crippen LogP contribution in [0.25, 0.3) is 17.2 Å². The summed E-state index contributed by atoms with van der Waals surface area (Å²) >= 11 is 0. The maximum atomic E-state index is 12.5. The predicted molar refractivity (Wildman–Crippen MR) is 139 cm³/mol. The summed E-state index contributed by atoms with van der Waals surface area (Å²) in [6, 6.07) is 26.9. The highest BCUT2D eigenvalue weighted by molar-refractivity contribution is 7.92. The van der Waals surface area contributed by atoms with Crippen LogP contribution in [0.5, 0.6) is 5.75 Å². The van der Waals surface area contributed by atoms with Crippen molar-refractivity contribution in [3.05, 3.63) is 95.4 Å². The van der Waals surface area contributed by atoms with Crippen molar-refractivity contribution in [2.24, 2.45) is 0 Å². The number of benzene rings is 3. The lowest BCUT2D eigenvalue weighted by Gasteiger charge is -2.24. The monoisotopic (exact) mass is 487 g/mol. The zero-order valence-corrected chi connectivity index (χ0v) is 20.3. The lowest BCUT2D eigenvalue weighted by atomic mass is 10.0. The van der Waals surface area contributed by atoms with Crippen molar-refractivity contribution in [1.82, 2.24) is 9.62 Å². The van der Waals surface area contributed by atoms with E-state index in [-0.39, 0.29) is 6.17 Å². The topological polar surface area (TPSA) is 82.4 Å². The molecule has 35 heavy (non-hydrogen) atoms. The molecule has 0 saturated carbocycles. The zero-order chi connectivity index (χ0) is 24.5. The SMILES string of the molecule is N#Cc1ccc(-c2ccc(OCCCN3CCCC3NS(=O)(=O)C=Cc3ccccc3)cc2)cc1. The number of nitriles is 1.